The van der Waals surface area contributed by atoms with Gasteiger partial charge in [0.05, 0.1) is 12.7 Å². The van der Waals surface area contributed by atoms with Crippen molar-refractivity contribution in [2.75, 3.05) is 13.2 Å². The number of benzene rings is 3. The minimum absolute atomic E-state index is 0.178. The number of aliphatic hydroxyl groups is 1. The smallest absolute Gasteiger partial charge is 0.344 e. The van der Waals surface area contributed by atoms with Crippen molar-refractivity contribution < 1.29 is 23.8 Å². The second kappa shape index (κ2) is 11.9. The molecular formula is C32H31NO5. The summed E-state index contributed by atoms with van der Waals surface area (Å²) in [6, 6.07) is 27.2. The van der Waals surface area contributed by atoms with Crippen LogP contribution in [0.15, 0.2) is 95.4 Å². The van der Waals surface area contributed by atoms with Gasteiger partial charge in [0, 0.05) is 22.6 Å². The summed E-state index contributed by atoms with van der Waals surface area (Å²) in [7, 11) is 0. The highest BCUT2D eigenvalue weighted by atomic mass is 16.6. The minimum Gasteiger partial charge on any atom is -0.482 e. The zero-order valence-electron chi connectivity index (χ0n) is 21.4. The van der Waals surface area contributed by atoms with E-state index in [2.05, 4.69) is 6.08 Å². The number of hydrogen-bond acceptors (Lipinski definition) is 6. The predicted octanol–water partition coefficient (Wildman–Crippen LogP) is 6.87. The van der Waals surface area contributed by atoms with Crippen molar-refractivity contribution in [3.05, 3.63) is 102 Å². The van der Waals surface area contributed by atoms with Crippen molar-refractivity contribution >= 4 is 11.5 Å². The van der Waals surface area contributed by atoms with E-state index < -0.39 is 12.1 Å². The first-order valence-corrected chi connectivity index (χ1v) is 13.0. The first-order valence-electron chi connectivity index (χ1n) is 13.0. The first kappa shape index (κ1) is 25.5. The molecule has 0 fully saturated rings. The van der Waals surface area contributed by atoms with Crippen LogP contribution in [-0.4, -0.2) is 29.3 Å². The van der Waals surface area contributed by atoms with Crippen molar-refractivity contribution in [2.24, 2.45) is 5.92 Å². The highest BCUT2D eigenvalue weighted by molar-refractivity contribution is 5.79. The number of esters is 1. The molecule has 1 aromatic heterocycles. The maximum absolute atomic E-state index is 11.7. The first-order chi connectivity index (χ1) is 18.6. The summed E-state index contributed by atoms with van der Waals surface area (Å²) in [6.45, 7) is 1.88. The van der Waals surface area contributed by atoms with E-state index in [1.165, 1.54) is 0 Å². The van der Waals surface area contributed by atoms with Crippen molar-refractivity contribution in [3.63, 3.8) is 0 Å². The highest BCUT2D eigenvalue weighted by Gasteiger charge is 2.31. The van der Waals surface area contributed by atoms with Crippen LogP contribution in [0.4, 0.5) is 0 Å². The summed E-state index contributed by atoms with van der Waals surface area (Å²) in [5.74, 6) is 1.12. The Labute approximate surface area is 222 Å². The largest absolute Gasteiger partial charge is 0.482 e. The van der Waals surface area contributed by atoms with Gasteiger partial charge in [-0.2, -0.15) is 0 Å². The zero-order valence-corrected chi connectivity index (χ0v) is 21.4. The average molecular weight is 510 g/mol. The van der Waals surface area contributed by atoms with Crippen LogP contribution < -0.4 is 4.74 Å². The highest BCUT2D eigenvalue weighted by Crippen LogP contribution is 2.43. The number of ether oxygens (including phenoxy) is 2. The standard InChI is InChI=1S/C32H31NO5/c1-2-36-28(34)21-37-25-17-11-16-24(20-25)30(35)26-18-9-10-19-27(26)32-33-29(22-12-5-3-6-13-22)31(38-32)23-14-7-4-8-15-23/h3-8,11-17,19-20,26,30,35H,2,9-10,18,21H2,1H3. The molecule has 0 radical (unpaired) electrons. The molecule has 194 valence electrons. The zero-order chi connectivity index (χ0) is 26.3. The molecule has 0 spiro atoms. The van der Waals surface area contributed by atoms with Crippen LogP contribution in [-0.2, 0) is 9.53 Å². The Kier molecular flexibility index (Phi) is 8.00. The molecular weight excluding hydrogens is 478 g/mol. The van der Waals surface area contributed by atoms with Gasteiger partial charge in [-0.05, 0) is 43.9 Å². The molecule has 1 heterocycles. The Bertz CT molecular complexity index is 1340. The SMILES string of the molecule is CCOC(=O)COc1cccc(C(O)C2CCCC=C2c2nc(-c3ccccc3)c(-c3ccccc3)o2)c1. The molecule has 1 N–H and O–H groups in total. The fraction of sp³-hybridized carbons (Fsp3) is 0.250. The van der Waals surface area contributed by atoms with Crippen LogP contribution in [0.2, 0.25) is 0 Å². The third-order valence-corrected chi connectivity index (χ3v) is 6.68. The summed E-state index contributed by atoms with van der Waals surface area (Å²) < 4.78 is 17.0. The Morgan fingerprint density at radius 1 is 1.03 bits per heavy atom. The molecule has 2 unspecified atom stereocenters. The number of hydrogen-bond donors (Lipinski definition) is 1. The molecule has 0 saturated heterocycles. The third-order valence-electron chi connectivity index (χ3n) is 6.68. The van der Waals surface area contributed by atoms with E-state index in [4.69, 9.17) is 18.9 Å². The van der Waals surface area contributed by atoms with Crippen LogP contribution in [0.1, 0.15) is 43.7 Å². The number of allylic oxidation sites excluding steroid dienone is 1. The summed E-state index contributed by atoms with van der Waals surface area (Å²) in [6.07, 6.45) is 3.99. The topological polar surface area (TPSA) is 81.8 Å². The maximum atomic E-state index is 11.7. The number of nitrogens with zero attached hydrogens (tertiary/aromatic N) is 1. The van der Waals surface area contributed by atoms with Gasteiger partial charge in [0.15, 0.2) is 12.4 Å². The fourth-order valence-corrected chi connectivity index (χ4v) is 4.86. The molecule has 5 rings (SSSR count). The number of aromatic nitrogens is 1. The predicted molar refractivity (Wildman–Crippen MR) is 146 cm³/mol. The van der Waals surface area contributed by atoms with Crippen molar-refractivity contribution in [1.82, 2.24) is 4.98 Å². The number of carbonyl (C=O) groups excluding carboxylic acids is 1. The molecule has 0 bridgehead atoms. The molecule has 4 aromatic rings. The van der Waals surface area contributed by atoms with Gasteiger partial charge in [-0.1, -0.05) is 78.9 Å². The van der Waals surface area contributed by atoms with Gasteiger partial charge < -0.3 is 19.0 Å². The van der Waals surface area contributed by atoms with E-state index in [-0.39, 0.29) is 12.5 Å². The summed E-state index contributed by atoms with van der Waals surface area (Å²) in [4.78, 5) is 16.7. The fourth-order valence-electron chi connectivity index (χ4n) is 4.86. The maximum Gasteiger partial charge on any atom is 0.344 e. The lowest BCUT2D eigenvalue weighted by atomic mass is 9.81. The van der Waals surface area contributed by atoms with E-state index in [1.807, 2.05) is 72.8 Å². The van der Waals surface area contributed by atoms with E-state index in [0.29, 0.717) is 29.6 Å². The van der Waals surface area contributed by atoms with Gasteiger partial charge >= 0.3 is 5.97 Å². The molecule has 0 aliphatic heterocycles. The molecule has 1 aliphatic carbocycles. The molecule has 38 heavy (non-hydrogen) atoms. The Morgan fingerprint density at radius 3 is 2.50 bits per heavy atom. The van der Waals surface area contributed by atoms with E-state index in [1.54, 1.807) is 19.1 Å². The van der Waals surface area contributed by atoms with Gasteiger partial charge in [0.25, 0.3) is 0 Å². The number of aliphatic hydroxyl groups excluding tert-OH is 1. The Balaban J connectivity index is 1.45. The second-order valence-corrected chi connectivity index (χ2v) is 9.24. The normalized spacial score (nSPS) is 15.9. The van der Waals surface area contributed by atoms with E-state index in [0.717, 1.165) is 41.7 Å². The molecule has 0 amide bonds. The lowest BCUT2D eigenvalue weighted by molar-refractivity contribution is -0.145. The van der Waals surface area contributed by atoms with Crippen LogP contribution in [0.3, 0.4) is 0 Å². The van der Waals surface area contributed by atoms with Crippen molar-refractivity contribution in [2.45, 2.75) is 32.3 Å². The summed E-state index contributed by atoms with van der Waals surface area (Å²) in [5.41, 5.74) is 4.32. The lowest BCUT2D eigenvalue weighted by Gasteiger charge is -2.27. The van der Waals surface area contributed by atoms with Crippen LogP contribution >= 0.6 is 0 Å². The molecule has 0 saturated carbocycles. The van der Waals surface area contributed by atoms with Gasteiger partial charge in [-0.15, -0.1) is 0 Å². The van der Waals surface area contributed by atoms with Crippen LogP contribution in [0.5, 0.6) is 5.75 Å². The van der Waals surface area contributed by atoms with Crippen LogP contribution in [0.25, 0.3) is 28.2 Å². The van der Waals surface area contributed by atoms with Crippen molar-refractivity contribution in [3.8, 4) is 28.3 Å². The summed E-state index contributed by atoms with van der Waals surface area (Å²) in [5, 5.41) is 11.5. The van der Waals surface area contributed by atoms with Gasteiger partial charge in [0.1, 0.15) is 11.4 Å². The average Bonchev–Trinajstić information content (AvgIpc) is 3.42. The monoisotopic (exact) mass is 509 g/mol. The van der Waals surface area contributed by atoms with Gasteiger partial charge in [-0.25, -0.2) is 9.78 Å². The molecule has 3 aromatic carbocycles. The molecule has 2 atom stereocenters. The van der Waals surface area contributed by atoms with Gasteiger partial charge in [-0.3, -0.25) is 0 Å². The number of rotatable bonds is 9. The number of oxazole rings is 1. The lowest BCUT2D eigenvalue weighted by Crippen LogP contribution is -2.18. The third kappa shape index (κ3) is 5.71. The van der Waals surface area contributed by atoms with Crippen molar-refractivity contribution in [1.29, 1.82) is 0 Å². The second-order valence-electron chi connectivity index (χ2n) is 9.24. The van der Waals surface area contributed by atoms with E-state index in [9.17, 15) is 9.90 Å². The molecule has 6 heteroatoms. The number of carbonyl (C=O) groups is 1. The van der Waals surface area contributed by atoms with E-state index >= 15 is 0 Å². The molecule has 6 nitrogen and oxygen atoms in total. The minimum atomic E-state index is -0.792. The molecule has 1 aliphatic rings. The quantitative estimate of drug-likeness (QED) is 0.248. The Morgan fingerprint density at radius 2 is 1.76 bits per heavy atom. The van der Waals surface area contributed by atoms with Crippen LogP contribution in [0, 0.1) is 5.92 Å². The van der Waals surface area contributed by atoms with Gasteiger partial charge in [0.2, 0.25) is 5.89 Å². The summed E-state index contributed by atoms with van der Waals surface area (Å²) >= 11 is 0. The Hall–Kier alpha value is -4.16.